The summed E-state index contributed by atoms with van der Waals surface area (Å²) in [4.78, 5) is 0. The monoisotopic (exact) mass is 241 g/mol. The molecule has 1 saturated carbocycles. The van der Waals surface area contributed by atoms with Crippen LogP contribution in [0, 0.1) is 5.92 Å². The second-order valence-electron chi connectivity index (χ2n) is 5.29. The number of aromatic hydroxyl groups is 1. The molecular weight excluding hydrogens is 222 g/mol. The molecule has 1 atom stereocenters. The molecule has 3 N–H and O–H groups in total. The zero-order chi connectivity index (χ0) is 12.5. The van der Waals surface area contributed by atoms with Gasteiger partial charge in [-0.2, -0.15) is 0 Å². The minimum Gasteiger partial charge on any atom is -0.507 e. The van der Waals surface area contributed by atoms with E-state index < -0.39 is 0 Å². The van der Waals surface area contributed by atoms with Gasteiger partial charge >= 0.3 is 0 Å². The maximum Gasteiger partial charge on any atom is 0.123 e. The Morgan fingerprint density at radius 2 is 1.67 bits per heavy atom. The van der Waals surface area contributed by atoms with Gasteiger partial charge in [0.2, 0.25) is 0 Å². The summed E-state index contributed by atoms with van der Waals surface area (Å²) < 4.78 is 0. The first kappa shape index (κ1) is 11.5. The summed E-state index contributed by atoms with van der Waals surface area (Å²) in [7, 11) is 0. The number of phenols is 1. The topological polar surface area (TPSA) is 46.2 Å². The summed E-state index contributed by atoms with van der Waals surface area (Å²) >= 11 is 0. The number of phenolic OH excluding ortho intramolecular Hbond substituents is 1. The molecule has 0 amide bonds. The molecule has 2 nitrogen and oxygen atoms in total. The van der Waals surface area contributed by atoms with Gasteiger partial charge in [0.1, 0.15) is 5.75 Å². The number of benzene rings is 2. The highest BCUT2D eigenvalue weighted by molar-refractivity contribution is 5.91. The Morgan fingerprint density at radius 3 is 2.39 bits per heavy atom. The van der Waals surface area contributed by atoms with Crippen LogP contribution in [0.2, 0.25) is 0 Å². The predicted octanol–water partition coefficient (Wildman–Crippen LogP) is 3.74. The van der Waals surface area contributed by atoms with Gasteiger partial charge < -0.3 is 10.8 Å². The molecule has 2 heteroatoms. The zero-order valence-corrected chi connectivity index (χ0v) is 10.5. The third-order valence-electron chi connectivity index (χ3n) is 4.20. The van der Waals surface area contributed by atoms with Crippen molar-refractivity contribution in [3.8, 4) is 5.75 Å². The molecule has 2 aromatic rings. The molecular formula is C16H19NO. The number of nitrogens with two attached hydrogens (primary N) is 1. The molecule has 18 heavy (non-hydrogen) atoms. The maximum absolute atomic E-state index is 9.90. The van der Waals surface area contributed by atoms with Crippen LogP contribution in [-0.2, 0) is 0 Å². The van der Waals surface area contributed by atoms with Gasteiger partial charge in [-0.25, -0.2) is 0 Å². The number of fused-ring (bicyclic) bond motifs is 1. The van der Waals surface area contributed by atoms with Gasteiger partial charge in [0.25, 0.3) is 0 Å². The van der Waals surface area contributed by atoms with E-state index in [-0.39, 0.29) is 6.04 Å². The van der Waals surface area contributed by atoms with E-state index >= 15 is 0 Å². The highest BCUT2D eigenvalue weighted by atomic mass is 16.3. The molecule has 0 bridgehead atoms. The average molecular weight is 241 g/mol. The minimum absolute atomic E-state index is 0.0954. The van der Waals surface area contributed by atoms with Crippen molar-refractivity contribution in [1.29, 1.82) is 0 Å². The Kier molecular flexibility index (Phi) is 2.96. The van der Waals surface area contributed by atoms with Crippen molar-refractivity contribution in [2.24, 2.45) is 11.7 Å². The van der Waals surface area contributed by atoms with Crippen LogP contribution in [0.25, 0.3) is 10.8 Å². The van der Waals surface area contributed by atoms with E-state index in [9.17, 15) is 5.11 Å². The van der Waals surface area contributed by atoms with Gasteiger partial charge in [-0.05, 0) is 35.8 Å². The van der Waals surface area contributed by atoms with Crippen molar-refractivity contribution < 1.29 is 5.11 Å². The highest BCUT2D eigenvalue weighted by Gasteiger charge is 2.24. The second-order valence-corrected chi connectivity index (χ2v) is 5.29. The molecule has 0 aromatic heterocycles. The largest absolute Gasteiger partial charge is 0.507 e. The molecule has 0 heterocycles. The first-order valence-corrected chi connectivity index (χ1v) is 6.73. The third kappa shape index (κ3) is 1.87. The van der Waals surface area contributed by atoms with Gasteiger partial charge in [-0.15, -0.1) is 0 Å². The first-order valence-electron chi connectivity index (χ1n) is 6.73. The smallest absolute Gasteiger partial charge is 0.123 e. The number of hydrogen-bond donors (Lipinski definition) is 2. The van der Waals surface area contributed by atoms with Gasteiger partial charge in [-0.3, -0.25) is 0 Å². The molecule has 1 aliphatic rings. The summed E-state index contributed by atoms with van der Waals surface area (Å²) in [5.41, 5.74) is 7.61. The van der Waals surface area contributed by atoms with E-state index in [4.69, 9.17) is 5.73 Å². The van der Waals surface area contributed by atoms with Crippen LogP contribution in [0.15, 0.2) is 36.4 Å². The fraction of sp³-hybridized carbons (Fsp3) is 0.375. The lowest BCUT2D eigenvalue weighted by atomic mass is 9.89. The van der Waals surface area contributed by atoms with Crippen LogP contribution in [-0.4, -0.2) is 5.11 Å². The van der Waals surface area contributed by atoms with Crippen LogP contribution >= 0.6 is 0 Å². The molecule has 1 fully saturated rings. The second kappa shape index (κ2) is 4.62. The molecule has 2 aromatic carbocycles. The van der Waals surface area contributed by atoms with E-state index in [0.29, 0.717) is 11.7 Å². The van der Waals surface area contributed by atoms with Crippen LogP contribution < -0.4 is 5.73 Å². The maximum atomic E-state index is 9.90. The lowest BCUT2D eigenvalue weighted by molar-refractivity contribution is 0.446. The van der Waals surface area contributed by atoms with E-state index in [2.05, 4.69) is 6.07 Å². The third-order valence-corrected chi connectivity index (χ3v) is 4.20. The zero-order valence-electron chi connectivity index (χ0n) is 10.5. The summed E-state index contributed by atoms with van der Waals surface area (Å²) in [6.45, 7) is 0. The molecule has 0 saturated heterocycles. The Bertz CT molecular complexity index is 558. The van der Waals surface area contributed by atoms with E-state index in [1.165, 1.54) is 31.2 Å². The number of rotatable bonds is 2. The van der Waals surface area contributed by atoms with E-state index in [1.54, 1.807) is 6.07 Å². The lowest BCUT2D eigenvalue weighted by Crippen LogP contribution is -2.19. The van der Waals surface area contributed by atoms with E-state index in [0.717, 1.165) is 10.8 Å². The normalized spacial score (nSPS) is 18.3. The molecule has 0 aliphatic heterocycles. The quantitative estimate of drug-likeness (QED) is 0.841. The van der Waals surface area contributed by atoms with Crippen molar-refractivity contribution in [2.75, 3.05) is 0 Å². The summed E-state index contributed by atoms with van der Waals surface area (Å²) in [5, 5.41) is 11.9. The summed E-state index contributed by atoms with van der Waals surface area (Å²) in [6.07, 6.45) is 5.06. The fourth-order valence-electron chi connectivity index (χ4n) is 3.17. The number of hydrogen-bond acceptors (Lipinski definition) is 2. The Morgan fingerprint density at radius 1 is 1.00 bits per heavy atom. The average Bonchev–Trinajstić information content (AvgIpc) is 2.93. The van der Waals surface area contributed by atoms with Crippen molar-refractivity contribution in [1.82, 2.24) is 0 Å². The van der Waals surface area contributed by atoms with Gasteiger partial charge in [0, 0.05) is 11.4 Å². The van der Waals surface area contributed by atoms with Crippen LogP contribution in [0.1, 0.15) is 37.3 Å². The Hall–Kier alpha value is -1.54. The van der Waals surface area contributed by atoms with Gasteiger partial charge in [-0.1, -0.05) is 43.2 Å². The summed E-state index contributed by atoms with van der Waals surface area (Å²) in [5.74, 6) is 0.936. The lowest BCUT2D eigenvalue weighted by Gasteiger charge is -2.21. The van der Waals surface area contributed by atoms with Crippen molar-refractivity contribution in [3.05, 3.63) is 42.0 Å². The molecule has 0 spiro atoms. The predicted molar refractivity (Wildman–Crippen MR) is 74.5 cm³/mol. The van der Waals surface area contributed by atoms with Crippen LogP contribution in [0.5, 0.6) is 5.75 Å². The minimum atomic E-state index is 0.0954. The molecule has 3 rings (SSSR count). The fourth-order valence-corrected chi connectivity index (χ4v) is 3.17. The van der Waals surface area contributed by atoms with Crippen LogP contribution in [0.3, 0.4) is 0 Å². The van der Waals surface area contributed by atoms with Crippen molar-refractivity contribution >= 4 is 10.8 Å². The van der Waals surface area contributed by atoms with Crippen LogP contribution in [0.4, 0.5) is 0 Å². The Labute approximate surface area is 107 Å². The molecule has 0 unspecified atom stereocenters. The van der Waals surface area contributed by atoms with Crippen molar-refractivity contribution in [3.63, 3.8) is 0 Å². The summed E-state index contributed by atoms with van der Waals surface area (Å²) in [6, 6.07) is 11.8. The standard InChI is InChI=1S/C16H19NO/c17-16(11-5-1-2-6-11)14-9-10-15(18)13-8-4-3-7-12(13)14/h3-4,7-11,16,18H,1-2,5-6,17H2/t16-/m0/s1. The van der Waals surface area contributed by atoms with Gasteiger partial charge in [0.05, 0.1) is 0 Å². The molecule has 0 radical (unpaired) electrons. The van der Waals surface area contributed by atoms with Crippen molar-refractivity contribution in [2.45, 2.75) is 31.7 Å². The van der Waals surface area contributed by atoms with Gasteiger partial charge in [0.15, 0.2) is 0 Å². The first-order chi connectivity index (χ1) is 8.77. The SMILES string of the molecule is N[C@H](c1ccc(O)c2ccccc12)C1CCCC1. The van der Waals surface area contributed by atoms with E-state index in [1.807, 2.05) is 24.3 Å². The highest BCUT2D eigenvalue weighted by Crippen LogP contribution is 2.38. The molecule has 1 aliphatic carbocycles. The molecule has 94 valence electrons. The Balaban J connectivity index is 2.08.